The number of ether oxygens (including phenoxy) is 2. The zero-order valence-corrected chi connectivity index (χ0v) is 18.0. The first kappa shape index (κ1) is 22.6. The number of fused-ring (bicyclic) bond motifs is 3. The summed E-state index contributed by atoms with van der Waals surface area (Å²) in [4.78, 5) is 35.0. The van der Waals surface area contributed by atoms with Crippen molar-refractivity contribution in [3.63, 3.8) is 0 Å². The van der Waals surface area contributed by atoms with E-state index in [1.165, 1.54) is 7.11 Å². The summed E-state index contributed by atoms with van der Waals surface area (Å²) in [5, 5.41) is 1.97. The fourth-order valence-electron chi connectivity index (χ4n) is 3.45. The fourth-order valence-corrected chi connectivity index (χ4v) is 3.64. The van der Waals surface area contributed by atoms with Crippen LogP contribution in [0.2, 0.25) is 0 Å². The summed E-state index contributed by atoms with van der Waals surface area (Å²) in [6.45, 7) is 0.290. The molecule has 0 aliphatic heterocycles. The number of hydrogen-bond donors (Lipinski definition) is 4. The van der Waals surface area contributed by atoms with Crippen molar-refractivity contribution in [2.24, 2.45) is 0 Å². The molecule has 2 amide bonds. The standard InChI is InChI=1S/C22H25N3O5S/c1-29-20(26)12-24-25-21(27)19(31)10-11-23-22(28)30-13-18-16-8-4-2-6-14(16)15-7-3-5-9-17(15)18/h2-9,18-19,24,31H,10-13H2,1H3,(H,23,28)(H,25,27). The number of hydrogen-bond acceptors (Lipinski definition) is 7. The second-order valence-corrected chi connectivity index (χ2v) is 7.60. The third-order valence-electron chi connectivity index (χ3n) is 5.01. The van der Waals surface area contributed by atoms with Crippen molar-refractivity contribution in [1.82, 2.24) is 16.2 Å². The van der Waals surface area contributed by atoms with Crippen LogP contribution in [-0.4, -0.2) is 50.0 Å². The van der Waals surface area contributed by atoms with Gasteiger partial charge < -0.3 is 14.8 Å². The van der Waals surface area contributed by atoms with E-state index in [1.807, 2.05) is 24.3 Å². The molecule has 0 bridgehead atoms. The van der Waals surface area contributed by atoms with Gasteiger partial charge in [0.05, 0.1) is 12.4 Å². The Morgan fingerprint density at radius 1 is 1.03 bits per heavy atom. The largest absolute Gasteiger partial charge is 0.468 e. The minimum atomic E-state index is -0.668. The summed E-state index contributed by atoms with van der Waals surface area (Å²) in [6, 6.07) is 16.2. The summed E-state index contributed by atoms with van der Waals surface area (Å²) in [6.07, 6.45) is -0.259. The molecule has 1 aliphatic carbocycles. The summed E-state index contributed by atoms with van der Waals surface area (Å²) in [7, 11) is 1.25. The van der Waals surface area contributed by atoms with Crippen molar-refractivity contribution in [1.29, 1.82) is 0 Å². The average molecular weight is 444 g/mol. The molecule has 9 heteroatoms. The molecule has 1 aliphatic rings. The predicted molar refractivity (Wildman–Crippen MR) is 119 cm³/mol. The van der Waals surface area contributed by atoms with Crippen LogP contribution < -0.4 is 16.2 Å². The number of methoxy groups -OCH3 is 1. The number of carbonyl (C=O) groups excluding carboxylic acids is 3. The molecule has 3 rings (SSSR count). The number of carbonyl (C=O) groups is 3. The van der Waals surface area contributed by atoms with Gasteiger partial charge in [-0.25, -0.2) is 10.2 Å². The van der Waals surface area contributed by atoms with Crippen molar-refractivity contribution >= 4 is 30.6 Å². The van der Waals surface area contributed by atoms with E-state index < -0.39 is 23.2 Å². The fraction of sp³-hybridized carbons (Fsp3) is 0.318. The van der Waals surface area contributed by atoms with Gasteiger partial charge in [0.1, 0.15) is 13.2 Å². The number of rotatable bonds is 9. The van der Waals surface area contributed by atoms with Crippen LogP contribution in [0.25, 0.3) is 11.1 Å². The topological polar surface area (TPSA) is 106 Å². The Bertz CT molecular complexity index is 907. The maximum Gasteiger partial charge on any atom is 0.407 e. The van der Waals surface area contributed by atoms with Gasteiger partial charge in [-0.3, -0.25) is 15.0 Å². The zero-order valence-electron chi connectivity index (χ0n) is 17.1. The van der Waals surface area contributed by atoms with Crippen LogP contribution in [0.4, 0.5) is 4.79 Å². The molecule has 1 atom stereocenters. The van der Waals surface area contributed by atoms with Crippen LogP contribution in [-0.2, 0) is 19.1 Å². The number of nitrogens with one attached hydrogen (secondary N) is 3. The van der Waals surface area contributed by atoms with Crippen LogP contribution in [0.5, 0.6) is 0 Å². The number of amides is 2. The van der Waals surface area contributed by atoms with Gasteiger partial charge in [-0.2, -0.15) is 12.6 Å². The molecule has 0 aromatic heterocycles. The van der Waals surface area contributed by atoms with Crippen LogP contribution in [0, 0.1) is 0 Å². The highest BCUT2D eigenvalue weighted by atomic mass is 32.1. The lowest BCUT2D eigenvalue weighted by Gasteiger charge is -2.15. The molecule has 31 heavy (non-hydrogen) atoms. The number of thiol groups is 1. The summed E-state index contributed by atoms with van der Waals surface area (Å²) < 4.78 is 9.90. The minimum absolute atomic E-state index is 0.0116. The molecule has 0 saturated heterocycles. The minimum Gasteiger partial charge on any atom is -0.468 e. The molecular formula is C22H25N3O5S. The maximum atomic E-state index is 12.1. The van der Waals surface area contributed by atoms with Gasteiger partial charge in [0.2, 0.25) is 5.91 Å². The van der Waals surface area contributed by atoms with E-state index in [-0.39, 0.29) is 25.6 Å². The van der Waals surface area contributed by atoms with E-state index in [1.54, 1.807) is 0 Å². The second kappa shape index (κ2) is 10.8. The van der Waals surface area contributed by atoms with Crippen molar-refractivity contribution in [2.45, 2.75) is 17.6 Å². The number of benzene rings is 2. The number of alkyl carbamates (subject to hydrolysis) is 1. The lowest BCUT2D eigenvalue weighted by atomic mass is 9.98. The summed E-state index contributed by atoms with van der Waals surface area (Å²) in [5.74, 6) is -0.933. The number of esters is 1. The SMILES string of the molecule is COC(=O)CNNC(=O)C(S)CCNC(=O)OCC1c2ccccc2-c2ccccc21. The van der Waals surface area contributed by atoms with Gasteiger partial charge in [0, 0.05) is 12.5 Å². The second-order valence-electron chi connectivity index (χ2n) is 6.98. The van der Waals surface area contributed by atoms with E-state index in [4.69, 9.17) is 4.74 Å². The molecular weight excluding hydrogens is 418 g/mol. The van der Waals surface area contributed by atoms with Crippen LogP contribution >= 0.6 is 12.6 Å². The van der Waals surface area contributed by atoms with Gasteiger partial charge in [0.15, 0.2) is 0 Å². The predicted octanol–water partition coefficient (Wildman–Crippen LogP) is 2.01. The average Bonchev–Trinajstić information content (AvgIpc) is 3.11. The van der Waals surface area contributed by atoms with E-state index in [9.17, 15) is 14.4 Å². The Morgan fingerprint density at radius 2 is 1.65 bits per heavy atom. The molecule has 0 radical (unpaired) electrons. The Labute approximate surface area is 186 Å². The van der Waals surface area contributed by atoms with Crippen molar-refractivity contribution in [3.05, 3.63) is 59.7 Å². The molecule has 0 fully saturated rings. The van der Waals surface area contributed by atoms with Crippen LogP contribution in [0.15, 0.2) is 48.5 Å². The Morgan fingerprint density at radius 3 is 2.26 bits per heavy atom. The molecule has 164 valence electrons. The lowest BCUT2D eigenvalue weighted by molar-refractivity contribution is -0.139. The van der Waals surface area contributed by atoms with Gasteiger partial charge in [-0.15, -0.1) is 0 Å². The van der Waals surface area contributed by atoms with E-state index in [2.05, 4.69) is 57.8 Å². The van der Waals surface area contributed by atoms with E-state index in [0.717, 1.165) is 22.3 Å². The van der Waals surface area contributed by atoms with E-state index >= 15 is 0 Å². The van der Waals surface area contributed by atoms with Crippen molar-refractivity contribution in [3.8, 4) is 11.1 Å². The van der Waals surface area contributed by atoms with Gasteiger partial charge in [-0.05, 0) is 28.7 Å². The molecule has 0 heterocycles. The third kappa shape index (κ3) is 5.77. The molecule has 0 saturated carbocycles. The van der Waals surface area contributed by atoms with Crippen LogP contribution in [0.3, 0.4) is 0 Å². The highest BCUT2D eigenvalue weighted by Crippen LogP contribution is 2.44. The first-order chi connectivity index (χ1) is 15.0. The molecule has 3 N–H and O–H groups in total. The molecule has 2 aromatic carbocycles. The highest BCUT2D eigenvalue weighted by Gasteiger charge is 2.29. The zero-order chi connectivity index (χ0) is 22.2. The van der Waals surface area contributed by atoms with Crippen LogP contribution in [0.1, 0.15) is 23.5 Å². The van der Waals surface area contributed by atoms with Gasteiger partial charge >= 0.3 is 12.1 Å². The number of hydrazine groups is 1. The summed E-state index contributed by atoms with van der Waals surface area (Å²) >= 11 is 4.20. The highest BCUT2D eigenvalue weighted by molar-refractivity contribution is 7.81. The molecule has 2 aromatic rings. The first-order valence-electron chi connectivity index (χ1n) is 9.87. The molecule has 1 unspecified atom stereocenters. The third-order valence-corrected chi connectivity index (χ3v) is 5.50. The van der Waals surface area contributed by atoms with Gasteiger partial charge in [0.25, 0.3) is 0 Å². The maximum absolute atomic E-state index is 12.1. The molecule has 0 spiro atoms. The normalized spacial score (nSPS) is 13.0. The Kier molecular flexibility index (Phi) is 7.91. The Balaban J connectivity index is 1.42. The lowest BCUT2D eigenvalue weighted by Crippen LogP contribution is -2.45. The monoisotopic (exact) mass is 443 g/mol. The first-order valence-corrected chi connectivity index (χ1v) is 10.4. The van der Waals surface area contributed by atoms with Crippen molar-refractivity contribution in [2.75, 3.05) is 26.8 Å². The Hall–Kier alpha value is -3.04. The quantitative estimate of drug-likeness (QED) is 0.268. The summed E-state index contributed by atoms with van der Waals surface area (Å²) in [5.41, 5.74) is 9.42. The van der Waals surface area contributed by atoms with Gasteiger partial charge in [-0.1, -0.05) is 48.5 Å². The molecule has 8 nitrogen and oxygen atoms in total. The smallest absolute Gasteiger partial charge is 0.407 e. The van der Waals surface area contributed by atoms with Crippen molar-refractivity contribution < 1.29 is 23.9 Å². The van der Waals surface area contributed by atoms with E-state index in [0.29, 0.717) is 6.42 Å².